The van der Waals surface area contributed by atoms with Gasteiger partial charge in [-0.25, -0.2) is 8.42 Å². The van der Waals surface area contributed by atoms with Crippen LogP contribution >= 0.6 is 0 Å². The fourth-order valence-electron chi connectivity index (χ4n) is 1.63. The average molecular weight is 286 g/mol. The number of rotatable bonds is 3. The van der Waals surface area contributed by atoms with Gasteiger partial charge in [0.25, 0.3) is 10.0 Å². The first-order chi connectivity index (χ1) is 9.62. The van der Waals surface area contributed by atoms with E-state index in [1.165, 1.54) is 0 Å². The number of hydrogen-bond acceptors (Lipinski definition) is 3. The van der Waals surface area contributed by atoms with Crippen LogP contribution in [0, 0.1) is 11.8 Å². The van der Waals surface area contributed by atoms with Gasteiger partial charge < -0.3 is 5.73 Å². The van der Waals surface area contributed by atoms with Crippen LogP contribution in [0.1, 0.15) is 5.56 Å². The minimum Gasteiger partial charge on any atom is -0.320 e. The first kappa shape index (κ1) is 14.1. The van der Waals surface area contributed by atoms with Gasteiger partial charge in [-0.2, -0.15) is 0 Å². The number of hydrogen-bond donors (Lipinski definition) is 2. The van der Waals surface area contributed by atoms with Crippen LogP contribution in [0.3, 0.4) is 0 Å². The van der Waals surface area contributed by atoms with E-state index < -0.39 is 10.0 Å². The van der Waals surface area contributed by atoms with Crippen molar-refractivity contribution in [2.75, 3.05) is 11.3 Å². The molecular formula is C15H14N2O2S. The molecule has 0 unspecified atom stereocenters. The monoisotopic (exact) mass is 286 g/mol. The highest BCUT2D eigenvalue weighted by Crippen LogP contribution is 2.16. The van der Waals surface area contributed by atoms with Gasteiger partial charge in [0.15, 0.2) is 0 Å². The summed E-state index contributed by atoms with van der Waals surface area (Å²) in [6.45, 7) is 0.264. The van der Waals surface area contributed by atoms with E-state index in [1.54, 1.807) is 54.6 Å². The van der Waals surface area contributed by atoms with Crippen molar-refractivity contribution >= 4 is 15.7 Å². The van der Waals surface area contributed by atoms with Gasteiger partial charge in [-0.05, 0) is 30.3 Å². The molecular weight excluding hydrogens is 272 g/mol. The summed E-state index contributed by atoms with van der Waals surface area (Å²) in [5, 5.41) is 0. The molecule has 0 bridgehead atoms. The summed E-state index contributed by atoms with van der Waals surface area (Å²) >= 11 is 0. The van der Waals surface area contributed by atoms with E-state index in [1.807, 2.05) is 0 Å². The maximum absolute atomic E-state index is 12.2. The molecule has 0 amide bonds. The number of sulfonamides is 1. The molecule has 2 rings (SSSR count). The molecule has 4 nitrogen and oxygen atoms in total. The lowest BCUT2D eigenvalue weighted by atomic mass is 10.2. The molecule has 0 aliphatic rings. The molecule has 0 aromatic heterocycles. The number of nitrogens with one attached hydrogen (secondary N) is 1. The van der Waals surface area contributed by atoms with E-state index in [2.05, 4.69) is 16.6 Å². The van der Waals surface area contributed by atoms with Gasteiger partial charge in [-0.1, -0.05) is 36.1 Å². The Hall–Kier alpha value is -2.29. The van der Waals surface area contributed by atoms with Crippen LogP contribution in [0.25, 0.3) is 0 Å². The Labute approximate surface area is 118 Å². The van der Waals surface area contributed by atoms with Crippen LogP contribution in [-0.2, 0) is 10.0 Å². The lowest BCUT2D eigenvalue weighted by Crippen LogP contribution is -2.12. The third-order valence-corrected chi connectivity index (χ3v) is 3.90. The summed E-state index contributed by atoms with van der Waals surface area (Å²) in [5.74, 6) is 5.59. The fourth-order valence-corrected chi connectivity index (χ4v) is 2.70. The van der Waals surface area contributed by atoms with Crippen LogP contribution in [0.5, 0.6) is 0 Å². The molecule has 5 heteroatoms. The van der Waals surface area contributed by atoms with Crippen LogP contribution in [0.2, 0.25) is 0 Å². The smallest absolute Gasteiger partial charge is 0.261 e. The summed E-state index contributed by atoms with van der Waals surface area (Å²) in [6, 6.07) is 15.1. The van der Waals surface area contributed by atoms with Gasteiger partial charge in [0.05, 0.1) is 17.1 Å². The molecule has 2 aromatic rings. The van der Waals surface area contributed by atoms with E-state index in [9.17, 15) is 8.42 Å². The van der Waals surface area contributed by atoms with Gasteiger partial charge in [-0.3, -0.25) is 4.72 Å². The second-order valence-electron chi connectivity index (χ2n) is 4.01. The zero-order valence-corrected chi connectivity index (χ0v) is 11.5. The fraction of sp³-hybridized carbons (Fsp3) is 0.0667. The predicted molar refractivity (Wildman–Crippen MR) is 79.6 cm³/mol. The topological polar surface area (TPSA) is 72.2 Å². The van der Waals surface area contributed by atoms with Crippen LogP contribution in [0.15, 0.2) is 59.5 Å². The Morgan fingerprint density at radius 2 is 1.80 bits per heavy atom. The van der Waals surface area contributed by atoms with E-state index in [-0.39, 0.29) is 11.4 Å². The highest BCUT2D eigenvalue weighted by molar-refractivity contribution is 7.92. The Morgan fingerprint density at radius 3 is 2.50 bits per heavy atom. The molecule has 0 aliphatic carbocycles. The SMILES string of the molecule is NCC#Cc1cccc(NS(=O)(=O)c2ccccc2)c1. The van der Waals surface area contributed by atoms with Crippen molar-refractivity contribution in [2.24, 2.45) is 5.73 Å². The molecule has 0 saturated carbocycles. The van der Waals surface area contributed by atoms with Crippen LogP contribution < -0.4 is 10.5 Å². The zero-order valence-electron chi connectivity index (χ0n) is 10.7. The largest absolute Gasteiger partial charge is 0.320 e. The Kier molecular flexibility index (Phi) is 4.41. The van der Waals surface area contributed by atoms with Crippen molar-refractivity contribution in [3.63, 3.8) is 0 Å². The second-order valence-corrected chi connectivity index (χ2v) is 5.69. The third kappa shape index (κ3) is 3.60. The average Bonchev–Trinajstić information content (AvgIpc) is 2.46. The van der Waals surface area contributed by atoms with Gasteiger partial charge in [0, 0.05) is 5.56 Å². The lowest BCUT2D eigenvalue weighted by molar-refractivity contribution is 0.601. The lowest BCUT2D eigenvalue weighted by Gasteiger charge is -2.08. The molecule has 0 atom stereocenters. The molecule has 0 saturated heterocycles. The molecule has 102 valence electrons. The van der Waals surface area contributed by atoms with Crippen molar-refractivity contribution < 1.29 is 8.42 Å². The molecule has 0 spiro atoms. The highest BCUT2D eigenvalue weighted by Gasteiger charge is 2.13. The van der Waals surface area contributed by atoms with Crippen molar-refractivity contribution in [3.05, 3.63) is 60.2 Å². The van der Waals surface area contributed by atoms with Gasteiger partial charge >= 0.3 is 0 Å². The summed E-state index contributed by atoms with van der Waals surface area (Å²) in [5.41, 5.74) is 6.49. The van der Waals surface area contributed by atoms with Crippen LogP contribution in [-0.4, -0.2) is 15.0 Å². The first-order valence-corrected chi connectivity index (χ1v) is 7.47. The maximum atomic E-state index is 12.2. The van der Waals surface area contributed by atoms with Crippen molar-refractivity contribution in [3.8, 4) is 11.8 Å². The normalized spacial score (nSPS) is 10.4. The van der Waals surface area contributed by atoms with Crippen LogP contribution in [0.4, 0.5) is 5.69 Å². The zero-order chi connectivity index (χ0) is 14.4. The van der Waals surface area contributed by atoms with Crippen molar-refractivity contribution in [1.29, 1.82) is 0 Å². The van der Waals surface area contributed by atoms with Crippen molar-refractivity contribution in [2.45, 2.75) is 4.90 Å². The summed E-state index contributed by atoms with van der Waals surface area (Å²) in [6.07, 6.45) is 0. The summed E-state index contributed by atoms with van der Waals surface area (Å²) in [4.78, 5) is 0.221. The Morgan fingerprint density at radius 1 is 1.05 bits per heavy atom. The third-order valence-electron chi connectivity index (χ3n) is 2.50. The summed E-state index contributed by atoms with van der Waals surface area (Å²) < 4.78 is 26.8. The minimum absolute atomic E-state index is 0.221. The van der Waals surface area contributed by atoms with Gasteiger partial charge in [0.2, 0.25) is 0 Å². The Bertz CT molecular complexity index is 744. The second kappa shape index (κ2) is 6.24. The standard InChI is InChI=1S/C15H14N2O2S/c16-11-5-7-13-6-4-8-14(12-13)17-20(18,19)15-9-2-1-3-10-15/h1-4,6,8-10,12,17H,11,16H2. The number of anilines is 1. The predicted octanol–water partition coefficient (Wildman–Crippen LogP) is 1.80. The maximum Gasteiger partial charge on any atom is 0.261 e. The molecule has 0 aliphatic heterocycles. The van der Waals surface area contributed by atoms with Gasteiger partial charge in [0.1, 0.15) is 0 Å². The van der Waals surface area contributed by atoms with E-state index in [0.29, 0.717) is 11.3 Å². The van der Waals surface area contributed by atoms with Crippen molar-refractivity contribution in [1.82, 2.24) is 0 Å². The minimum atomic E-state index is -3.57. The highest BCUT2D eigenvalue weighted by atomic mass is 32.2. The van der Waals surface area contributed by atoms with E-state index in [0.717, 1.165) is 0 Å². The number of benzene rings is 2. The molecule has 0 radical (unpaired) electrons. The molecule has 0 heterocycles. The van der Waals surface area contributed by atoms with Gasteiger partial charge in [-0.15, -0.1) is 0 Å². The van der Waals surface area contributed by atoms with E-state index in [4.69, 9.17) is 5.73 Å². The first-order valence-electron chi connectivity index (χ1n) is 5.99. The summed E-state index contributed by atoms with van der Waals surface area (Å²) in [7, 11) is -3.57. The quantitative estimate of drug-likeness (QED) is 0.845. The molecule has 2 aromatic carbocycles. The molecule has 20 heavy (non-hydrogen) atoms. The number of nitrogens with two attached hydrogens (primary N) is 1. The molecule has 3 N–H and O–H groups in total. The van der Waals surface area contributed by atoms with E-state index >= 15 is 0 Å². The molecule has 0 fully saturated rings. The Balaban J connectivity index is 2.26.